The molecule has 0 bridgehead atoms. The molecule has 1 N–H and O–H groups in total. The van der Waals surface area contributed by atoms with Crippen LogP contribution in [0.3, 0.4) is 0 Å². The lowest BCUT2D eigenvalue weighted by atomic mass is 9.97. The van der Waals surface area contributed by atoms with Gasteiger partial charge in [0.2, 0.25) is 0 Å². The highest BCUT2D eigenvalue weighted by molar-refractivity contribution is 5.22. The molecule has 0 aliphatic carbocycles. The molecule has 0 saturated heterocycles. The molecule has 0 aliphatic rings. The molecule has 1 nitrogen and oxygen atoms in total. The van der Waals surface area contributed by atoms with Crippen molar-refractivity contribution in [3.63, 3.8) is 0 Å². The zero-order valence-corrected chi connectivity index (χ0v) is 13.2. The molecule has 0 fully saturated rings. The molecule has 0 amide bonds. The maximum absolute atomic E-state index is 3.53. The Balaban J connectivity index is 2.16. The van der Waals surface area contributed by atoms with Gasteiger partial charge >= 0.3 is 0 Å². The number of benzene rings is 1. The van der Waals surface area contributed by atoms with Gasteiger partial charge in [0.05, 0.1) is 0 Å². The Kier molecular flexibility index (Phi) is 7.81. The first kappa shape index (κ1) is 16.2. The lowest BCUT2D eigenvalue weighted by Crippen LogP contribution is -2.22. The SMILES string of the molecule is CCc1ccc(CCC(C)CCNCC(C)C)cc1. The molecule has 1 rings (SSSR count). The van der Waals surface area contributed by atoms with Gasteiger partial charge in [-0.2, -0.15) is 0 Å². The van der Waals surface area contributed by atoms with Crippen molar-refractivity contribution in [2.75, 3.05) is 13.1 Å². The highest BCUT2D eigenvalue weighted by Gasteiger charge is 2.03. The Bertz CT molecular complexity index is 326. The summed E-state index contributed by atoms with van der Waals surface area (Å²) >= 11 is 0. The van der Waals surface area contributed by atoms with Gasteiger partial charge in [-0.3, -0.25) is 0 Å². The molecule has 1 heteroatoms. The fraction of sp³-hybridized carbons (Fsp3) is 0.667. The van der Waals surface area contributed by atoms with Crippen molar-refractivity contribution in [3.05, 3.63) is 35.4 Å². The van der Waals surface area contributed by atoms with Crippen molar-refractivity contribution in [2.45, 2.75) is 53.4 Å². The molecule has 0 aromatic heterocycles. The third-order valence-electron chi connectivity index (χ3n) is 3.72. The molecular weight excluding hydrogens is 230 g/mol. The van der Waals surface area contributed by atoms with Crippen molar-refractivity contribution < 1.29 is 0 Å². The monoisotopic (exact) mass is 261 g/mol. The first-order valence-corrected chi connectivity index (χ1v) is 7.90. The standard InChI is InChI=1S/C18H31N/c1-5-17-8-10-18(11-9-17)7-6-16(4)12-13-19-14-15(2)3/h8-11,15-16,19H,5-7,12-14H2,1-4H3. The predicted molar refractivity (Wildman–Crippen MR) is 85.6 cm³/mol. The minimum atomic E-state index is 0.757. The van der Waals surface area contributed by atoms with Gasteiger partial charge in [-0.05, 0) is 61.7 Å². The second kappa shape index (κ2) is 9.14. The Morgan fingerprint density at radius 3 is 2.16 bits per heavy atom. The summed E-state index contributed by atoms with van der Waals surface area (Å²) in [5.41, 5.74) is 2.92. The van der Waals surface area contributed by atoms with E-state index in [9.17, 15) is 0 Å². The van der Waals surface area contributed by atoms with Crippen LogP contribution < -0.4 is 5.32 Å². The fourth-order valence-corrected chi connectivity index (χ4v) is 2.24. The van der Waals surface area contributed by atoms with E-state index >= 15 is 0 Å². The second-order valence-electron chi connectivity index (χ2n) is 6.20. The lowest BCUT2D eigenvalue weighted by Gasteiger charge is -2.13. The minimum absolute atomic E-state index is 0.757. The van der Waals surface area contributed by atoms with Gasteiger partial charge in [-0.15, -0.1) is 0 Å². The van der Waals surface area contributed by atoms with Crippen molar-refractivity contribution in [3.8, 4) is 0 Å². The average Bonchev–Trinajstić information content (AvgIpc) is 2.41. The number of rotatable bonds is 9. The molecule has 1 aromatic carbocycles. The minimum Gasteiger partial charge on any atom is -0.316 e. The highest BCUT2D eigenvalue weighted by Crippen LogP contribution is 2.13. The highest BCUT2D eigenvalue weighted by atomic mass is 14.8. The molecule has 1 aromatic rings. The van der Waals surface area contributed by atoms with E-state index in [1.165, 1.54) is 30.4 Å². The topological polar surface area (TPSA) is 12.0 Å². The summed E-state index contributed by atoms with van der Waals surface area (Å²) in [6.07, 6.45) is 4.95. The van der Waals surface area contributed by atoms with E-state index in [4.69, 9.17) is 0 Å². The molecule has 1 atom stereocenters. The molecule has 108 valence electrons. The molecule has 0 saturated carbocycles. The second-order valence-corrected chi connectivity index (χ2v) is 6.20. The van der Waals surface area contributed by atoms with Crippen LogP contribution in [0.25, 0.3) is 0 Å². The fourth-order valence-electron chi connectivity index (χ4n) is 2.24. The Morgan fingerprint density at radius 1 is 0.947 bits per heavy atom. The Labute approximate surface area is 119 Å². The first-order valence-electron chi connectivity index (χ1n) is 7.90. The van der Waals surface area contributed by atoms with Crippen LogP contribution in [-0.4, -0.2) is 13.1 Å². The summed E-state index contributed by atoms with van der Waals surface area (Å²) in [6.45, 7) is 11.4. The molecule has 19 heavy (non-hydrogen) atoms. The van der Waals surface area contributed by atoms with Crippen LogP contribution in [0, 0.1) is 11.8 Å². The van der Waals surface area contributed by atoms with E-state index in [1.807, 2.05) is 0 Å². The lowest BCUT2D eigenvalue weighted by molar-refractivity contribution is 0.454. The average molecular weight is 261 g/mol. The van der Waals surface area contributed by atoms with Crippen molar-refractivity contribution >= 4 is 0 Å². The zero-order valence-electron chi connectivity index (χ0n) is 13.2. The van der Waals surface area contributed by atoms with Crippen LogP contribution in [0.5, 0.6) is 0 Å². The first-order chi connectivity index (χ1) is 9.11. The van der Waals surface area contributed by atoms with E-state index in [0.29, 0.717) is 0 Å². The largest absolute Gasteiger partial charge is 0.316 e. The zero-order chi connectivity index (χ0) is 14.1. The Morgan fingerprint density at radius 2 is 1.58 bits per heavy atom. The van der Waals surface area contributed by atoms with Crippen LogP contribution in [0.4, 0.5) is 0 Å². The molecule has 0 spiro atoms. The van der Waals surface area contributed by atoms with E-state index in [0.717, 1.165) is 31.3 Å². The maximum atomic E-state index is 3.53. The number of hydrogen-bond donors (Lipinski definition) is 1. The van der Waals surface area contributed by atoms with E-state index in [2.05, 4.69) is 57.3 Å². The van der Waals surface area contributed by atoms with Gasteiger partial charge in [0.15, 0.2) is 0 Å². The molecule has 0 aliphatic heterocycles. The number of nitrogens with one attached hydrogen (secondary N) is 1. The summed E-state index contributed by atoms with van der Waals surface area (Å²) in [4.78, 5) is 0. The molecular formula is C18H31N. The van der Waals surface area contributed by atoms with Gasteiger partial charge in [0.1, 0.15) is 0 Å². The van der Waals surface area contributed by atoms with Crippen molar-refractivity contribution in [2.24, 2.45) is 11.8 Å². The predicted octanol–water partition coefficient (Wildman–Crippen LogP) is 4.45. The van der Waals surface area contributed by atoms with Gasteiger partial charge in [-0.1, -0.05) is 52.0 Å². The summed E-state index contributed by atoms with van der Waals surface area (Å²) in [7, 11) is 0. The summed E-state index contributed by atoms with van der Waals surface area (Å²) in [5.74, 6) is 1.57. The van der Waals surface area contributed by atoms with E-state index < -0.39 is 0 Å². The van der Waals surface area contributed by atoms with Crippen molar-refractivity contribution in [1.29, 1.82) is 0 Å². The van der Waals surface area contributed by atoms with Gasteiger partial charge in [0, 0.05) is 0 Å². The summed E-state index contributed by atoms with van der Waals surface area (Å²) < 4.78 is 0. The smallest absolute Gasteiger partial charge is 0.00258 e. The van der Waals surface area contributed by atoms with Crippen molar-refractivity contribution in [1.82, 2.24) is 5.32 Å². The normalized spacial score (nSPS) is 12.9. The van der Waals surface area contributed by atoms with Crippen LogP contribution in [0.15, 0.2) is 24.3 Å². The Hall–Kier alpha value is -0.820. The third-order valence-corrected chi connectivity index (χ3v) is 3.72. The molecule has 0 radical (unpaired) electrons. The van der Waals surface area contributed by atoms with Crippen LogP contribution >= 0.6 is 0 Å². The van der Waals surface area contributed by atoms with Gasteiger partial charge < -0.3 is 5.32 Å². The van der Waals surface area contributed by atoms with E-state index in [-0.39, 0.29) is 0 Å². The molecule has 1 unspecified atom stereocenters. The number of hydrogen-bond acceptors (Lipinski definition) is 1. The van der Waals surface area contributed by atoms with Gasteiger partial charge in [-0.25, -0.2) is 0 Å². The van der Waals surface area contributed by atoms with E-state index in [1.54, 1.807) is 0 Å². The molecule has 0 heterocycles. The summed E-state index contributed by atoms with van der Waals surface area (Å²) in [6, 6.07) is 9.12. The number of aryl methyl sites for hydroxylation is 2. The van der Waals surface area contributed by atoms with Crippen LogP contribution in [-0.2, 0) is 12.8 Å². The maximum Gasteiger partial charge on any atom is -0.00258 e. The van der Waals surface area contributed by atoms with Crippen LogP contribution in [0.2, 0.25) is 0 Å². The van der Waals surface area contributed by atoms with Gasteiger partial charge in [0.25, 0.3) is 0 Å². The van der Waals surface area contributed by atoms with Crippen LogP contribution in [0.1, 0.15) is 51.7 Å². The quantitative estimate of drug-likeness (QED) is 0.647. The summed E-state index contributed by atoms with van der Waals surface area (Å²) in [5, 5.41) is 3.53. The third kappa shape index (κ3) is 7.37.